The smallest absolute Gasteiger partial charge is 0.182 e. The zero-order valence-corrected chi connectivity index (χ0v) is 20.3. The van der Waals surface area contributed by atoms with E-state index in [0.717, 1.165) is 77.1 Å². The van der Waals surface area contributed by atoms with Crippen LogP contribution in [0.4, 0.5) is 11.4 Å². The number of hydrogen-bond acceptors (Lipinski definition) is 4. The van der Waals surface area contributed by atoms with E-state index in [4.69, 9.17) is 17.0 Å². The molecule has 0 amide bonds. The monoisotopic (exact) mass is 452 g/mol. The number of benzene rings is 2. The molecule has 2 aromatic carbocycles. The zero-order chi connectivity index (χ0) is 22.3. The molecular formula is C26H36N4OS. The quantitative estimate of drug-likeness (QED) is 0.551. The van der Waals surface area contributed by atoms with E-state index in [9.17, 15) is 0 Å². The van der Waals surface area contributed by atoms with Gasteiger partial charge in [-0.25, -0.2) is 0 Å². The molecule has 6 heteroatoms. The Kier molecular flexibility index (Phi) is 8.14. The predicted octanol–water partition coefficient (Wildman–Crippen LogP) is 4.36. The Hall–Kier alpha value is -1.99. The van der Waals surface area contributed by atoms with E-state index in [1.54, 1.807) is 0 Å². The Balaban J connectivity index is 1.49. The predicted molar refractivity (Wildman–Crippen MR) is 138 cm³/mol. The normalized spacial score (nSPS) is 18.4. The number of hydrogen-bond donors (Lipinski definition) is 0. The standard InChI is InChI=1S/C26H36N4OS/c1-3-22-6-10-24(11-7-22)29-20-28(15-5-14-27-16-18-31-19-17-27)21-30(26(29)32)25-12-8-23(4-2)9-13-25/h6-13H,3-5,14-21H2,1-2H3. The number of nitrogens with zero attached hydrogens (tertiary/aromatic N) is 4. The van der Waals surface area contributed by atoms with Gasteiger partial charge >= 0.3 is 0 Å². The van der Waals surface area contributed by atoms with Gasteiger partial charge in [-0.3, -0.25) is 9.80 Å². The van der Waals surface area contributed by atoms with Crippen LogP contribution < -0.4 is 9.80 Å². The fourth-order valence-electron chi connectivity index (χ4n) is 4.40. The van der Waals surface area contributed by atoms with E-state index < -0.39 is 0 Å². The first-order valence-corrected chi connectivity index (χ1v) is 12.4. The molecule has 0 aromatic heterocycles. The average Bonchev–Trinajstić information content (AvgIpc) is 2.86. The highest BCUT2D eigenvalue weighted by Gasteiger charge is 2.29. The summed E-state index contributed by atoms with van der Waals surface area (Å²) in [6, 6.07) is 17.7. The fraction of sp³-hybridized carbons (Fsp3) is 0.500. The number of morpholine rings is 1. The highest BCUT2D eigenvalue weighted by molar-refractivity contribution is 7.80. The van der Waals surface area contributed by atoms with Crippen LogP contribution in [0.3, 0.4) is 0 Å². The summed E-state index contributed by atoms with van der Waals surface area (Å²) in [5.74, 6) is 0. The first-order chi connectivity index (χ1) is 15.7. The lowest BCUT2D eigenvalue weighted by molar-refractivity contribution is 0.0361. The van der Waals surface area contributed by atoms with Gasteiger partial charge in [-0.05, 0) is 73.4 Å². The molecule has 2 aliphatic rings. The lowest BCUT2D eigenvalue weighted by atomic mass is 10.1. The van der Waals surface area contributed by atoms with Crippen molar-refractivity contribution in [2.45, 2.75) is 33.1 Å². The van der Waals surface area contributed by atoms with Crippen molar-refractivity contribution in [1.29, 1.82) is 0 Å². The first kappa shape index (κ1) is 23.2. The second kappa shape index (κ2) is 11.2. The Morgan fingerprint density at radius 1 is 0.719 bits per heavy atom. The Bertz CT molecular complexity index is 805. The van der Waals surface area contributed by atoms with E-state index in [2.05, 4.69) is 82.0 Å². The average molecular weight is 453 g/mol. The van der Waals surface area contributed by atoms with Crippen molar-refractivity contribution < 1.29 is 4.74 Å². The molecule has 0 saturated carbocycles. The van der Waals surface area contributed by atoms with Crippen LogP contribution in [0, 0.1) is 0 Å². The minimum Gasteiger partial charge on any atom is -0.379 e. The second-order valence-corrected chi connectivity index (χ2v) is 9.03. The lowest BCUT2D eigenvalue weighted by Gasteiger charge is -2.44. The zero-order valence-electron chi connectivity index (χ0n) is 19.5. The van der Waals surface area contributed by atoms with Gasteiger partial charge in [-0.1, -0.05) is 38.1 Å². The van der Waals surface area contributed by atoms with E-state index in [0.29, 0.717) is 0 Å². The molecule has 5 nitrogen and oxygen atoms in total. The van der Waals surface area contributed by atoms with Gasteiger partial charge < -0.3 is 14.5 Å². The van der Waals surface area contributed by atoms with Crippen LogP contribution in [0.2, 0.25) is 0 Å². The molecule has 0 radical (unpaired) electrons. The van der Waals surface area contributed by atoms with Gasteiger partial charge in [-0.15, -0.1) is 0 Å². The van der Waals surface area contributed by atoms with Gasteiger partial charge in [0.25, 0.3) is 0 Å². The summed E-state index contributed by atoms with van der Waals surface area (Å²) in [4.78, 5) is 9.58. The molecule has 2 aliphatic heterocycles. The highest BCUT2D eigenvalue weighted by Crippen LogP contribution is 2.26. The Morgan fingerprint density at radius 3 is 1.66 bits per heavy atom. The van der Waals surface area contributed by atoms with E-state index >= 15 is 0 Å². The Labute approximate surface area is 198 Å². The van der Waals surface area contributed by atoms with Crippen LogP contribution in [-0.2, 0) is 17.6 Å². The maximum Gasteiger partial charge on any atom is 0.182 e. The second-order valence-electron chi connectivity index (χ2n) is 8.66. The van der Waals surface area contributed by atoms with Crippen molar-refractivity contribution in [1.82, 2.24) is 9.80 Å². The lowest BCUT2D eigenvalue weighted by Crippen LogP contribution is -2.58. The fourth-order valence-corrected chi connectivity index (χ4v) is 4.73. The maximum absolute atomic E-state index is 6.01. The first-order valence-electron chi connectivity index (χ1n) is 12.0. The molecule has 0 atom stereocenters. The van der Waals surface area contributed by atoms with Crippen molar-refractivity contribution in [3.05, 3.63) is 59.7 Å². The maximum atomic E-state index is 6.01. The third-order valence-corrected chi connectivity index (χ3v) is 6.95. The van der Waals surface area contributed by atoms with Gasteiger partial charge in [0.2, 0.25) is 0 Å². The molecule has 172 valence electrons. The molecule has 32 heavy (non-hydrogen) atoms. The summed E-state index contributed by atoms with van der Waals surface area (Å²) in [6.07, 6.45) is 3.25. The molecule has 2 aromatic rings. The minimum absolute atomic E-state index is 0.830. The largest absolute Gasteiger partial charge is 0.379 e. The number of aryl methyl sites for hydroxylation is 2. The number of anilines is 2. The highest BCUT2D eigenvalue weighted by atomic mass is 32.1. The van der Waals surface area contributed by atoms with E-state index in [1.165, 1.54) is 22.5 Å². The number of rotatable bonds is 8. The molecule has 4 rings (SSSR count). The molecule has 0 bridgehead atoms. The van der Waals surface area contributed by atoms with Crippen molar-refractivity contribution in [3.8, 4) is 0 Å². The topological polar surface area (TPSA) is 22.2 Å². The molecule has 0 aliphatic carbocycles. The van der Waals surface area contributed by atoms with Crippen LogP contribution in [0.25, 0.3) is 0 Å². The molecular weight excluding hydrogens is 416 g/mol. The summed E-state index contributed by atoms with van der Waals surface area (Å²) in [5, 5.41) is 0.878. The molecule has 0 spiro atoms. The van der Waals surface area contributed by atoms with Crippen molar-refractivity contribution in [2.75, 3.05) is 62.5 Å². The summed E-state index contributed by atoms with van der Waals surface area (Å²) >= 11 is 6.01. The molecule has 2 fully saturated rings. The van der Waals surface area contributed by atoms with Crippen LogP contribution >= 0.6 is 12.2 Å². The third-order valence-electron chi connectivity index (χ3n) is 6.51. The van der Waals surface area contributed by atoms with Crippen molar-refractivity contribution in [3.63, 3.8) is 0 Å². The van der Waals surface area contributed by atoms with Gasteiger partial charge in [0.15, 0.2) is 5.11 Å². The number of ether oxygens (including phenoxy) is 1. The van der Waals surface area contributed by atoms with Gasteiger partial charge in [-0.2, -0.15) is 0 Å². The minimum atomic E-state index is 0.830. The molecule has 0 unspecified atom stereocenters. The van der Waals surface area contributed by atoms with Crippen LogP contribution in [0.5, 0.6) is 0 Å². The summed E-state index contributed by atoms with van der Waals surface area (Å²) < 4.78 is 5.49. The van der Waals surface area contributed by atoms with Gasteiger partial charge in [0.05, 0.1) is 26.6 Å². The summed E-state index contributed by atoms with van der Waals surface area (Å²) in [6.45, 7) is 12.0. The third kappa shape index (κ3) is 5.67. The van der Waals surface area contributed by atoms with Crippen molar-refractivity contribution >= 4 is 28.7 Å². The van der Waals surface area contributed by atoms with E-state index in [-0.39, 0.29) is 0 Å². The number of thiocarbonyl (C=S) groups is 1. The van der Waals surface area contributed by atoms with E-state index in [1.807, 2.05) is 0 Å². The van der Waals surface area contributed by atoms with Crippen LogP contribution in [0.1, 0.15) is 31.4 Å². The summed E-state index contributed by atoms with van der Waals surface area (Å²) in [5.41, 5.74) is 5.04. The van der Waals surface area contributed by atoms with Gasteiger partial charge in [0.1, 0.15) is 0 Å². The Morgan fingerprint density at radius 2 is 1.19 bits per heavy atom. The van der Waals surface area contributed by atoms with Crippen LogP contribution in [-0.4, -0.2) is 67.6 Å². The molecule has 2 heterocycles. The van der Waals surface area contributed by atoms with Crippen LogP contribution in [0.15, 0.2) is 48.5 Å². The summed E-state index contributed by atoms with van der Waals surface area (Å²) in [7, 11) is 0. The molecule has 0 N–H and O–H groups in total. The van der Waals surface area contributed by atoms with Gasteiger partial charge in [0, 0.05) is 31.0 Å². The molecule has 2 saturated heterocycles. The SMILES string of the molecule is CCc1ccc(N2CN(CCCN3CCOCC3)CN(c3ccc(CC)cc3)C2=S)cc1. The van der Waals surface area contributed by atoms with Crippen molar-refractivity contribution in [2.24, 2.45) is 0 Å².